The average Bonchev–Trinajstić information content (AvgIpc) is 3.20. The molecule has 2 heterocycles. The number of hydrogen-bond donors (Lipinski definition) is 1. The van der Waals surface area contributed by atoms with Gasteiger partial charge in [-0.25, -0.2) is 0 Å². The Balaban J connectivity index is 1.32. The quantitative estimate of drug-likeness (QED) is 0.496. The van der Waals surface area contributed by atoms with Crippen molar-refractivity contribution in [3.8, 4) is 0 Å². The van der Waals surface area contributed by atoms with E-state index in [9.17, 15) is 14.4 Å². The average molecular weight is 531 g/mol. The van der Waals surface area contributed by atoms with Crippen molar-refractivity contribution in [1.82, 2.24) is 9.80 Å². The summed E-state index contributed by atoms with van der Waals surface area (Å²) < 4.78 is 0. The molecule has 0 bridgehead atoms. The summed E-state index contributed by atoms with van der Waals surface area (Å²) in [4.78, 5) is 45.4. The minimum Gasteiger partial charge on any atom is -0.339 e. The van der Waals surface area contributed by atoms with Gasteiger partial charge in [-0.05, 0) is 73.4 Å². The lowest BCUT2D eigenvalue weighted by Crippen LogP contribution is -2.57. The van der Waals surface area contributed by atoms with Crippen LogP contribution in [0.5, 0.6) is 0 Å². The second kappa shape index (κ2) is 10.9. The Morgan fingerprint density at radius 2 is 1.58 bits per heavy atom. The van der Waals surface area contributed by atoms with Gasteiger partial charge in [0.15, 0.2) is 0 Å². The fourth-order valence-electron chi connectivity index (χ4n) is 5.37. The summed E-state index contributed by atoms with van der Waals surface area (Å²) in [5, 5.41) is 3.50. The van der Waals surface area contributed by atoms with Gasteiger partial charge in [-0.2, -0.15) is 0 Å². The van der Waals surface area contributed by atoms with Gasteiger partial charge in [0.1, 0.15) is 12.1 Å². The van der Waals surface area contributed by atoms with Gasteiger partial charge in [0, 0.05) is 35.1 Å². The van der Waals surface area contributed by atoms with E-state index < -0.39 is 5.54 Å². The van der Waals surface area contributed by atoms with Crippen LogP contribution in [0.15, 0.2) is 78.9 Å². The van der Waals surface area contributed by atoms with Gasteiger partial charge < -0.3 is 20.0 Å². The summed E-state index contributed by atoms with van der Waals surface area (Å²) in [5.41, 5.74) is 2.60. The Morgan fingerprint density at radius 3 is 2.21 bits per heavy atom. The van der Waals surface area contributed by atoms with Crippen LogP contribution in [0, 0.1) is 0 Å². The highest BCUT2D eigenvalue weighted by atomic mass is 35.5. The standard InChI is InChI=1S/C30H31ClN4O3/c1-2-22-8-14-25(15-9-22)32-27(36)20-34-21-35(26-6-4-3-5-7-26)30(29(34)38)16-18-33(19-17-30)28(37)23-10-12-24(31)13-11-23/h3-15H,2,16-21H2,1H3,(H,32,36). The number of anilines is 2. The molecular formula is C30H31ClN4O3. The Morgan fingerprint density at radius 1 is 0.921 bits per heavy atom. The minimum absolute atomic E-state index is 0.0349. The number of benzene rings is 3. The van der Waals surface area contributed by atoms with Crippen LogP contribution in [0.25, 0.3) is 0 Å². The van der Waals surface area contributed by atoms with Crippen molar-refractivity contribution in [1.29, 1.82) is 0 Å². The van der Waals surface area contributed by atoms with Crippen LogP contribution in [0.4, 0.5) is 11.4 Å². The summed E-state index contributed by atoms with van der Waals surface area (Å²) in [6.07, 6.45) is 1.89. The van der Waals surface area contributed by atoms with Crippen LogP contribution in [0.2, 0.25) is 5.02 Å². The normalized spacial score (nSPS) is 16.7. The highest BCUT2D eigenvalue weighted by Crippen LogP contribution is 2.39. The number of piperidine rings is 1. The van der Waals surface area contributed by atoms with Gasteiger partial charge in [-0.3, -0.25) is 14.4 Å². The van der Waals surface area contributed by atoms with Crippen molar-refractivity contribution in [3.05, 3.63) is 95.0 Å². The molecule has 0 aromatic heterocycles. The fraction of sp³-hybridized carbons (Fsp3) is 0.300. The smallest absolute Gasteiger partial charge is 0.253 e. The van der Waals surface area contributed by atoms with E-state index in [2.05, 4.69) is 17.1 Å². The Bertz CT molecular complexity index is 1300. The number of para-hydroxylation sites is 1. The SMILES string of the molecule is CCc1ccc(NC(=O)CN2CN(c3ccccc3)C3(CCN(C(=O)c4ccc(Cl)cc4)CC3)C2=O)cc1. The maximum absolute atomic E-state index is 13.9. The summed E-state index contributed by atoms with van der Waals surface area (Å²) in [6, 6.07) is 24.4. The molecular weight excluding hydrogens is 500 g/mol. The third-order valence-electron chi connectivity index (χ3n) is 7.53. The lowest BCUT2D eigenvalue weighted by molar-refractivity contribution is -0.136. The zero-order chi connectivity index (χ0) is 26.7. The number of halogens is 1. The second-order valence-corrected chi connectivity index (χ2v) is 10.3. The van der Waals surface area contributed by atoms with E-state index in [4.69, 9.17) is 11.6 Å². The van der Waals surface area contributed by atoms with Gasteiger partial charge in [0.2, 0.25) is 5.91 Å². The third kappa shape index (κ3) is 5.11. The molecule has 8 heteroatoms. The molecule has 1 N–H and O–H groups in total. The highest BCUT2D eigenvalue weighted by molar-refractivity contribution is 6.30. The van der Waals surface area contributed by atoms with Crippen molar-refractivity contribution in [2.24, 2.45) is 0 Å². The maximum atomic E-state index is 13.9. The minimum atomic E-state index is -0.804. The molecule has 196 valence electrons. The van der Waals surface area contributed by atoms with Crippen LogP contribution in [0.3, 0.4) is 0 Å². The van der Waals surface area contributed by atoms with Crippen molar-refractivity contribution in [3.63, 3.8) is 0 Å². The van der Waals surface area contributed by atoms with Gasteiger partial charge in [0.25, 0.3) is 11.8 Å². The molecule has 0 radical (unpaired) electrons. The van der Waals surface area contributed by atoms with Gasteiger partial charge in [-0.15, -0.1) is 0 Å². The molecule has 3 amide bonds. The molecule has 2 fully saturated rings. The molecule has 38 heavy (non-hydrogen) atoms. The van der Waals surface area contributed by atoms with E-state index in [0.717, 1.165) is 12.1 Å². The molecule has 2 aliphatic heterocycles. The van der Waals surface area contributed by atoms with Crippen molar-refractivity contribution in [2.75, 3.05) is 36.5 Å². The topological polar surface area (TPSA) is 73.0 Å². The lowest BCUT2D eigenvalue weighted by atomic mass is 9.85. The van der Waals surface area contributed by atoms with E-state index in [-0.39, 0.29) is 24.3 Å². The molecule has 3 aromatic rings. The fourth-order valence-corrected chi connectivity index (χ4v) is 5.50. The summed E-state index contributed by atoms with van der Waals surface area (Å²) >= 11 is 5.98. The van der Waals surface area contributed by atoms with Crippen molar-refractivity contribution < 1.29 is 14.4 Å². The van der Waals surface area contributed by atoms with Crippen LogP contribution in [-0.2, 0) is 16.0 Å². The van der Waals surface area contributed by atoms with Crippen LogP contribution in [-0.4, -0.2) is 59.4 Å². The second-order valence-electron chi connectivity index (χ2n) is 9.84. The molecule has 0 aliphatic carbocycles. The Hall–Kier alpha value is -3.84. The first-order valence-electron chi connectivity index (χ1n) is 13.0. The van der Waals surface area contributed by atoms with E-state index >= 15 is 0 Å². The molecule has 0 atom stereocenters. The number of likely N-dealkylation sites (tertiary alicyclic amines) is 1. The number of hydrogen-bond acceptors (Lipinski definition) is 4. The molecule has 5 rings (SSSR count). The largest absolute Gasteiger partial charge is 0.339 e. The van der Waals surface area contributed by atoms with E-state index in [1.54, 1.807) is 34.1 Å². The number of carbonyl (C=O) groups excluding carboxylic acids is 3. The van der Waals surface area contributed by atoms with Gasteiger partial charge in [-0.1, -0.05) is 48.9 Å². The lowest BCUT2D eigenvalue weighted by Gasteiger charge is -2.43. The third-order valence-corrected chi connectivity index (χ3v) is 7.78. The molecule has 0 saturated carbocycles. The molecule has 3 aromatic carbocycles. The van der Waals surface area contributed by atoms with E-state index in [0.29, 0.717) is 48.9 Å². The van der Waals surface area contributed by atoms with Gasteiger partial charge in [0.05, 0.1) is 6.67 Å². The number of nitrogens with one attached hydrogen (secondary N) is 1. The van der Waals surface area contributed by atoms with Crippen molar-refractivity contribution in [2.45, 2.75) is 31.7 Å². The van der Waals surface area contributed by atoms with E-state index in [1.165, 1.54) is 5.56 Å². The predicted molar refractivity (Wildman–Crippen MR) is 149 cm³/mol. The maximum Gasteiger partial charge on any atom is 0.253 e. The number of aryl methyl sites for hydroxylation is 1. The van der Waals surface area contributed by atoms with Crippen LogP contribution in [0.1, 0.15) is 35.7 Å². The van der Waals surface area contributed by atoms with Crippen LogP contribution < -0.4 is 10.2 Å². The number of rotatable bonds is 6. The van der Waals surface area contributed by atoms with Crippen molar-refractivity contribution >= 4 is 40.7 Å². The molecule has 2 aliphatic rings. The molecule has 7 nitrogen and oxygen atoms in total. The predicted octanol–water partition coefficient (Wildman–Crippen LogP) is 4.82. The van der Waals surface area contributed by atoms with Crippen LogP contribution >= 0.6 is 11.6 Å². The summed E-state index contributed by atoms with van der Waals surface area (Å²) in [7, 11) is 0. The zero-order valence-electron chi connectivity index (χ0n) is 21.4. The Labute approximate surface area is 228 Å². The number of amides is 3. The highest BCUT2D eigenvalue weighted by Gasteiger charge is 2.54. The Kier molecular flexibility index (Phi) is 7.38. The summed E-state index contributed by atoms with van der Waals surface area (Å²) in [6.45, 7) is 3.25. The summed E-state index contributed by atoms with van der Waals surface area (Å²) in [5.74, 6) is -0.377. The first kappa shape index (κ1) is 25.8. The number of carbonyl (C=O) groups is 3. The first-order chi connectivity index (χ1) is 18.4. The molecule has 1 spiro atoms. The monoisotopic (exact) mass is 530 g/mol. The van der Waals surface area contributed by atoms with Gasteiger partial charge >= 0.3 is 0 Å². The zero-order valence-corrected chi connectivity index (χ0v) is 22.2. The molecule has 2 saturated heterocycles. The first-order valence-corrected chi connectivity index (χ1v) is 13.3. The van der Waals surface area contributed by atoms with E-state index in [1.807, 2.05) is 54.6 Å². The number of nitrogens with zero attached hydrogens (tertiary/aromatic N) is 3. The molecule has 0 unspecified atom stereocenters.